The molecule has 3 aromatic rings. The number of halogens is 1. The fourth-order valence-corrected chi connectivity index (χ4v) is 4.45. The van der Waals surface area contributed by atoms with Crippen molar-refractivity contribution in [1.29, 1.82) is 0 Å². The molecule has 0 bridgehead atoms. The highest BCUT2D eigenvalue weighted by Crippen LogP contribution is 2.37. The number of carbonyl (C=O) groups is 1. The zero-order valence-electron chi connectivity index (χ0n) is 18.7. The number of aryl methyl sites for hydroxylation is 1. The molecule has 1 fully saturated rings. The predicted octanol–water partition coefficient (Wildman–Crippen LogP) is 5.30. The standard InChI is InChI=1S/C26H28FN3O2/c1-4-23(20-11-12-24(20)32-25-13-9-18(27)16-29-25)30(3)26(31)21-15-17(2)8-10-19(21)22-7-5-6-14-28-22/h5-10,13-16,20,23-24H,4,11-12H2,1-3H3/t20-,23?,24?/m0/s1. The lowest BCUT2D eigenvalue weighted by atomic mass is 9.75. The number of carbonyl (C=O) groups excluding carboxylic acids is 1. The fraction of sp³-hybridized carbons (Fsp3) is 0.346. The maximum Gasteiger partial charge on any atom is 0.254 e. The third-order valence-corrected chi connectivity index (χ3v) is 6.31. The van der Waals surface area contributed by atoms with Gasteiger partial charge >= 0.3 is 0 Å². The summed E-state index contributed by atoms with van der Waals surface area (Å²) in [5.74, 6) is 0.206. The second-order valence-electron chi connectivity index (χ2n) is 8.37. The van der Waals surface area contributed by atoms with Crippen molar-refractivity contribution in [3.8, 4) is 17.1 Å². The SMILES string of the molecule is CCC([C@@H]1CCC1Oc1ccc(F)cn1)N(C)C(=O)c1cc(C)ccc1-c1ccccn1. The first-order chi connectivity index (χ1) is 15.5. The Bertz CT molecular complexity index is 1070. The maximum atomic E-state index is 13.6. The molecule has 32 heavy (non-hydrogen) atoms. The van der Waals surface area contributed by atoms with Crippen LogP contribution in [0.1, 0.15) is 42.1 Å². The molecule has 0 saturated heterocycles. The average Bonchev–Trinajstić information content (AvgIpc) is 2.80. The topological polar surface area (TPSA) is 55.3 Å². The van der Waals surface area contributed by atoms with Gasteiger partial charge in [-0.25, -0.2) is 9.37 Å². The van der Waals surface area contributed by atoms with E-state index in [9.17, 15) is 9.18 Å². The number of aromatic nitrogens is 2. The van der Waals surface area contributed by atoms with Crippen LogP contribution in [0.25, 0.3) is 11.3 Å². The van der Waals surface area contributed by atoms with Crippen molar-refractivity contribution in [1.82, 2.24) is 14.9 Å². The van der Waals surface area contributed by atoms with Crippen molar-refractivity contribution in [2.75, 3.05) is 7.05 Å². The molecule has 2 unspecified atom stereocenters. The predicted molar refractivity (Wildman–Crippen MR) is 122 cm³/mol. The van der Waals surface area contributed by atoms with Gasteiger partial charge in [0, 0.05) is 42.4 Å². The smallest absolute Gasteiger partial charge is 0.254 e. The van der Waals surface area contributed by atoms with E-state index in [1.54, 1.807) is 12.3 Å². The van der Waals surface area contributed by atoms with Crippen molar-refractivity contribution >= 4 is 5.91 Å². The van der Waals surface area contributed by atoms with Crippen molar-refractivity contribution in [3.05, 3.63) is 77.9 Å². The maximum absolute atomic E-state index is 13.6. The quantitative estimate of drug-likeness (QED) is 0.507. The monoisotopic (exact) mass is 433 g/mol. The molecule has 1 saturated carbocycles. The number of pyridine rings is 2. The molecule has 2 heterocycles. The number of benzene rings is 1. The Morgan fingerprint density at radius 3 is 2.66 bits per heavy atom. The number of nitrogens with zero attached hydrogens (tertiary/aromatic N) is 3. The summed E-state index contributed by atoms with van der Waals surface area (Å²) in [4.78, 5) is 24.0. The van der Waals surface area contributed by atoms with Crippen LogP contribution >= 0.6 is 0 Å². The largest absolute Gasteiger partial charge is 0.474 e. The average molecular weight is 434 g/mol. The Morgan fingerprint density at radius 2 is 2.03 bits per heavy atom. The van der Waals surface area contributed by atoms with Crippen molar-refractivity contribution in [3.63, 3.8) is 0 Å². The second kappa shape index (κ2) is 9.47. The van der Waals surface area contributed by atoms with E-state index in [1.807, 2.05) is 55.3 Å². The zero-order chi connectivity index (χ0) is 22.7. The highest BCUT2D eigenvalue weighted by molar-refractivity contribution is 6.00. The molecular weight excluding hydrogens is 405 g/mol. The number of amides is 1. The molecule has 5 nitrogen and oxygen atoms in total. The summed E-state index contributed by atoms with van der Waals surface area (Å²) >= 11 is 0. The van der Waals surface area contributed by atoms with E-state index in [1.165, 1.54) is 6.07 Å². The van der Waals surface area contributed by atoms with Gasteiger partial charge in [-0.05, 0) is 50.5 Å². The normalized spacial score (nSPS) is 18.5. The van der Waals surface area contributed by atoms with Gasteiger partial charge in [0.15, 0.2) is 0 Å². The number of hydrogen-bond acceptors (Lipinski definition) is 4. The van der Waals surface area contributed by atoms with Crippen LogP contribution in [0.15, 0.2) is 60.9 Å². The summed E-state index contributed by atoms with van der Waals surface area (Å²) in [7, 11) is 1.87. The summed E-state index contributed by atoms with van der Waals surface area (Å²) in [6, 6.07) is 14.5. The van der Waals surface area contributed by atoms with E-state index in [2.05, 4.69) is 16.9 Å². The van der Waals surface area contributed by atoms with Gasteiger partial charge in [0.2, 0.25) is 5.88 Å². The van der Waals surface area contributed by atoms with Crippen LogP contribution in [-0.2, 0) is 0 Å². The van der Waals surface area contributed by atoms with Gasteiger partial charge in [-0.1, -0.05) is 30.7 Å². The fourth-order valence-electron chi connectivity index (χ4n) is 4.45. The summed E-state index contributed by atoms with van der Waals surface area (Å²) in [6.07, 6.45) is 5.54. The zero-order valence-corrected chi connectivity index (χ0v) is 18.7. The minimum atomic E-state index is -0.388. The molecule has 4 rings (SSSR count). The molecule has 1 aromatic carbocycles. The molecular formula is C26H28FN3O2. The van der Waals surface area contributed by atoms with E-state index in [4.69, 9.17) is 4.74 Å². The van der Waals surface area contributed by atoms with Crippen molar-refractivity contribution in [2.24, 2.45) is 5.92 Å². The van der Waals surface area contributed by atoms with E-state index in [0.29, 0.717) is 11.4 Å². The van der Waals surface area contributed by atoms with E-state index < -0.39 is 0 Å². The summed E-state index contributed by atoms with van der Waals surface area (Å²) < 4.78 is 19.2. The van der Waals surface area contributed by atoms with Gasteiger partial charge in [-0.3, -0.25) is 9.78 Å². The van der Waals surface area contributed by atoms with E-state index in [0.717, 1.165) is 42.3 Å². The third kappa shape index (κ3) is 4.49. The first-order valence-electron chi connectivity index (χ1n) is 11.1. The van der Waals surface area contributed by atoms with Crippen LogP contribution in [0, 0.1) is 18.7 Å². The third-order valence-electron chi connectivity index (χ3n) is 6.31. The van der Waals surface area contributed by atoms with Crippen LogP contribution in [0.5, 0.6) is 5.88 Å². The Kier molecular flexibility index (Phi) is 6.49. The van der Waals surface area contributed by atoms with Crippen LogP contribution in [0.4, 0.5) is 4.39 Å². The molecule has 3 atom stereocenters. The van der Waals surface area contributed by atoms with E-state index in [-0.39, 0.29) is 29.8 Å². The molecule has 0 radical (unpaired) electrons. The van der Waals surface area contributed by atoms with Crippen molar-refractivity contribution < 1.29 is 13.9 Å². The number of hydrogen-bond donors (Lipinski definition) is 0. The molecule has 6 heteroatoms. The Hall–Kier alpha value is -3.28. The van der Waals surface area contributed by atoms with Gasteiger partial charge in [-0.15, -0.1) is 0 Å². The van der Waals surface area contributed by atoms with Crippen LogP contribution in [0.3, 0.4) is 0 Å². The first kappa shape index (κ1) is 21.9. The molecule has 1 aliphatic carbocycles. The van der Waals surface area contributed by atoms with Gasteiger partial charge in [0.1, 0.15) is 11.9 Å². The van der Waals surface area contributed by atoms with E-state index >= 15 is 0 Å². The lowest BCUT2D eigenvalue weighted by Crippen LogP contribution is -2.51. The first-order valence-corrected chi connectivity index (χ1v) is 11.1. The van der Waals surface area contributed by atoms with Gasteiger partial charge in [0.25, 0.3) is 5.91 Å². The Labute approximate surface area is 188 Å². The molecule has 2 aromatic heterocycles. The lowest BCUT2D eigenvalue weighted by molar-refractivity contribution is -0.00892. The molecule has 1 aliphatic rings. The van der Waals surface area contributed by atoms with Gasteiger partial charge < -0.3 is 9.64 Å². The number of rotatable bonds is 7. The summed E-state index contributed by atoms with van der Waals surface area (Å²) in [5.41, 5.74) is 3.30. The minimum absolute atomic E-state index is 0.0215. The lowest BCUT2D eigenvalue weighted by Gasteiger charge is -2.44. The Balaban J connectivity index is 1.55. The Morgan fingerprint density at radius 1 is 1.19 bits per heavy atom. The van der Waals surface area contributed by atoms with Crippen LogP contribution < -0.4 is 4.74 Å². The number of ether oxygens (including phenoxy) is 1. The summed E-state index contributed by atoms with van der Waals surface area (Å²) in [6.45, 7) is 4.08. The molecule has 1 amide bonds. The molecule has 0 N–H and O–H groups in total. The second-order valence-corrected chi connectivity index (χ2v) is 8.37. The van der Waals surface area contributed by atoms with Crippen LogP contribution in [0.2, 0.25) is 0 Å². The highest BCUT2D eigenvalue weighted by atomic mass is 19.1. The van der Waals surface area contributed by atoms with Gasteiger partial charge in [0.05, 0.1) is 11.9 Å². The van der Waals surface area contributed by atoms with Gasteiger partial charge in [-0.2, -0.15) is 0 Å². The molecule has 0 spiro atoms. The minimum Gasteiger partial charge on any atom is -0.474 e. The van der Waals surface area contributed by atoms with Crippen molar-refractivity contribution in [2.45, 2.75) is 45.3 Å². The van der Waals surface area contributed by atoms with Crippen LogP contribution in [-0.4, -0.2) is 40.0 Å². The summed E-state index contributed by atoms with van der Waals surface area (Å²) in [5, 5.41) is 0. The highest BCUT2D eigenvalue weighted by Gasteiger charge is 2.41. The molecule has 0 aliphatic heterocycles. The molecule has 166 valence electrons.